The van der Waals surface area contributed by atoms with Crippen molar-refractivity contribution in [2.45, 2.75) is 34.1 Å². The number of aryl methyl sites for hydroxylation is 3. The van der Waals surface area contributed by atoms with Crippen LogP contribution < -0.4 is 4.72 Å². The third-order valence-electron chi connectivity index (χ3n) is 2.58. The predicted octanol–water partition coefficient (Wildman–Crippen LogP) is 2.76. The number of hydrogen-bond donors (Lipinski definition) is 1. The van der Waals surface area contributed by atoms with Crippen molar-refractivity contribution in [3.8, 4) is 0 Å². The Kier molecular flexibility index (Phi) is 3.97. The van der Waals surface area contributed by atoms with E-state index in [2.05, 4.69) is 4.72 Å². The van der Waals surface area contributed by atoms with Crippen LogP contribution in [0.4, 0.5) is 5.69 Å². The highest BCUT2D eigenvalue weighted by Gasteiger charge is 2.11. The molecule has 0 aromatic heterocycles. The Morgan fingerprint density at radius 3 is 2.19 bits per heavy atom. The van der Waals surface area contributed by atoms with E-state index in [0.29, 0.717) is 12.1 Å². The van der Waals surface area contributed by atoms with Gasteiger partial charge in [0.2, 0.25) is 10.0 Å². The highest BCUT2D eigenvalue weighted by Crippen LogP contribution is 2.21. The molecule has 1 aromatic rings. The highest BCUT2D eigenvalue weighted by molar-refractivity contribution is 7.92. The average molecular weight is 241 g/mol. The molecule has 0 atom stereocenters. The molecule has 0 aliphatic heterocycles. The van der Waals surface area contributed by atoms with Crippen LogP contribution >= 0.6 is 0 Å². The quantitative estimate of drug-likeness (QED) is 0.881. The molecule has 0 heterocycles. The number of rotatable bonds is 4. The molecular formula is C12H19NO2S. The van der Waals surface area contributed by atoms with Crippen molar-refractivity contribution in [3.05, 3.63) is 28.8 Å². The summed E-state index contributed by atoms with van der Waals surface area (Å²) < 4.78 is 25.9. The van der Waals surface area contributed by atoms with E-state index in [0.717, 1.165) is 11.1 Å². The minimum atomic E-state index is -3.19. The van der Waals surface area contributed by atoms with E-state index in [1.54, 1.807) is 0 Å². The average Bonchev–Trinajstić information content (AvgIpc) is 2.13. The predicted molar refractivity (Wildman–Crippen MR) is 68.4 cm³/mol. The van der Waals surface area contributed by atoms with E-state index in [4.69, 9.17) is 0 Å². The third-order valence-corrected chi connectivity index (χ3v) is 4.06. The van der Waals surface area contributed by atoms with Crippen LogP contribution in [0.2, 0.25) is 0 Å². The number of hydrogen-bond acceptors (Lipinski definition) is 2. The van der Waals surface area contributed by atoms with E-state index >= 15 is 0 Å². The number of sulfonamides is 1. The molecule has 16 heavy (non-hydrogen) atoms. The summed E-state index contributed by atoms with van der Waals surface area (Å²) in [5.41, 5.74) is 3.93. The fourth-order valence-electron chi connectivity index (χ4n) is 1.56. The van der Waals surface area contributed by atoms with E-state index in [1.165, 1.54) is 5.56 Å². The molecule has 0 saturated heterocycles. The molecule has 3 nitrogen and oxygen atoms in total. The second kappa shape index (κ2) is 4.87. The highest BCUT2D eigenvalue weighted by atomic mass is 32.2. The second-order valence-electron chi connectivity index (χ2n) is 4.17. The zero-order chi connectivity index (χ0) is 12.3. The first-order valence-corrected chi connectivity index (χ1v) is 7.09. The summed E-state index contributed by atoms with van der Waals surface area (Å²) in [6.07, 6.45) is 0.624. The van der Waals surface area contributed by atoms with Gasteiger partial charge in [0, 0.05) is 0 Å². The lowest BCUT2D eigenvalue weighted by molar-refractivity contribution is 0.600. The Balaban J connectivity index is 3.03. The third kappa shape index (κ3) is 3.23. The molecule has 1 aromatic carbocycles. The molecule has 0 bridgehead atoms. The van der Waals surface area contributed by atoms with Crippen LogP contribution in [0.1, 0.15) is 30.0 Å². The van der Waals surface area contributed by atoms with Gasteiger partial charge in [-0.2, -0.15) is 0 Å². The van der Waals surface area contributed by atoms with Gasteiger partial charge in [0.05, 0.1) is 11.4 Å². The lowest BCUT2D eigenvalue weighted by Crippen LogP contribution is -2.17. The zero-order valence-electron chi connectivity index (χ0n) is 10.3. The van der Waals surface area contributed by atoms with Gasteiger partial charge in [-0.05, 0) is 49.9 Å². The molecular weight excluding hydrogens is 222 g/mol. The van der Waals surface area contributed by atoms with Crippen LogP contribution in [0.15, 0.2) is 12.1 Å². The Labute approximate surface area is 97.9 Å². The Bertz CT molecular complexity index is 478. The van der Waals surface area contributed by atoms with Gasteiger partial charge in [-0.1, -0.05) is 13.0 Å². The Morgan fingerprint density at radius 2 is 1.62 bits per heavy atom. The first-order chi connectivity index (χ1) is 7.35. The number of benzene rings is 1. The van der Waals surface area contributed by atoms with Crippen molar-refractivity contribution in [2.75, 3.05) is 10.5 Å². The van der Waals surface area contributed by atoms with Crippen molar-refractivity contribution in [3.63, 3.8) is 0 Å². The maximum Gasteiger partial charge on any atom is 0.232 e. The van der Waals surface area contributed by atoms with E-state index in [1.807, 2.05) is 39.8 Å². The maximum atomic E-state index is 11.6. The second-order valence-corrected chi connectivity index (χ2v) is 6.01. The fourth-order valence-corrected chi connectivity index (χ4v) is 2.75. The smallest absolute Gasteiger partial charge is 0.232 e. The zero-order valence-corrected chi connectivity index (χ0v) is 11.1. The molecule has 0 amide bonds. The molecule has 4 heteroatoms. The molecule has 0 spiro atoms. The van der Waals surface area contributed by atoms with Gasteiger partial charge in [-0.3, -0.25) is 4.72 Å². The monoisotopic (exact) mass is 241 g/mol. The van der Waals surface area contributed by atoms with Crippen molar-refractivity contribution in [1.82, 2.24) is 0 Å². The lowest BCUT2D eigenvalue weighted by atomic mass is 10.1. The topological polar surface area (TPSA) is 46.2 Å². The molecule has 0 saturated carbocycles. The summed E-state index contributed by atoms with van der Waals surface area (Å²) in [6.45, 7) is 7.77. The molecule has 0 radical (unpaired) electrons. The first kappa shape index (κ1) is 13.0. The summed E-state index contributed by atoms with van der Waals surface area (Å²) in [5.74, 6) is 0.166. The normalized spacial score (nSPS) is 11.5. The number of nitrogens with one attached hydrogen (secondary N) is 1. The van der Waals surface area contributed by atoms with E-state index < -0.39 is 10.0 Å². The van der Waals surface area contributed by atoms with Gasteiger partial charge in [-0.15, -0.1) is 0 Å². The molecule has 90 valence electrons. The van der Waals surface area contributed by atoms with Crippen molar-refractivity contribution < 1.29 is 8.42 Å². The van der Waals surface area contributed by atoms with Crippen LogP contribution in [0.5, 0.6) is 0 Å². The van der Waals surface area contributed by atoms with E-state index in [9.17, 15) is 8.42 Å². The molecule has 1 rings (SSSR count). The minimum Gasteiger partial charge on any atom is -0.283 e. The SMILES string of the molecule is CCCS(=O)(=O)Nc1cc(C)c(C)cc1C. The molecule has 0 aliphatic rings. The minimum absolute atomic E-state index is 0.166. The van der Waals surface area contributed by atoms with Crippen LogP contribution in [-0.4, -0.2) is 14.2 Å². The van der Waals surface area contributed by atoms with Crippen molar-refractivity contribution >= 4 is 15.7 Å². The molecule has 1 N–H and O–H groups in total. The summed E-state index contributed by atoms with van der Waals surface area (Å²) in [5, 5.41) is 0. The van der Waals surface area contributed by atoms with Gasteiger partial charge in [-0.25, -0.2) is 8.42 Å². The lowest BCUT2D eigenvalue weighted by Gasteiger charge is -2.12. The van der Waals surface area contributed by atoms with Gasteiger partial charge < -0.3 is 0 Å². The van der Waals surface area contributed by atoms with Crippen LogP contribution in [0, 0.1) is 20.8 Å². The maximum absolute atomic E-state index is 11.6. The van der Waals surface area contributed by atoms with Crippen molar-refractivity contribution in [2.24, 2.45) is 0 Å². The summed E-state index contributed by atoms with van der Waals surface area (Å²) in [7, 11) is -3.19. The van der Waals surface area contributed by atoms with Crippen molar-refractivity contribution in [1.29, 1.82) is 0 Å². The summed E-state index contributed by atoms with van der Waals surface area (Å²) >= 11 is 0. The Morgan fingerprint density at radius 1 is 1.06 bits per heavy atom. The Hall–Kier alpha value is -1.03. The van der Waals surface area contributed by atoms with Gasteiger partial charge in [0.1, 0.15) is 0 Å². The van der Waals surface area contributed by atoms with Gasteiger partial charge in [0.15, 0.2) is 0 Å². The number of anilines is 1. The van der Waals surface area contributed by atoms with Crippen LogP contribution in [0.3, 0.4) is 0 Å². The fraction of sp³-hybridized carbons (Fsp3) is 0.500. The molecule has 0 fully saturated rings. The van der Waals surface area contributed by atoms with E-state index in [-0.39, 0.29) is 5.75 Å². The summed E-state index contributed by atoms with van der Waals surface area (Å²) in [4.78, 5) is 0. The summed E-state index contributed by atoms with van der Waals surface area (Å²) in [6, 6.07) is 3.89. The van der Waals surface area contributed by atoms with Gasteiger partial charge >= 0.3 is 0 Å². The largest absolute Gasteiger partial charge is 0.283 e. The van der Waals surface area contributed by atoms with Gasteiger partial charge in [0.25, 0.3) is 0 Å². The standard InChI is InChI=1S/C12H19NO2S/c1-5-6-16(14,15)13-12-8-10(3)9(2)7-11(12)4/h7-8,13H,5-6H2,1-4H3. The molecule has 0 aliphatic carbocycles. The van der Waals surface area contributed by atoms with Crippen LogP contribution in [-0.2, 0) is 10.0 Å². The molecule has 0 unspecified atom stereocenters. The first-order valence-electron chi connectivity index (χ1n) is 5.44. The van der Waals surface area contributed by atoms with Crippen LogP contribution in [0.25, 0.3) is 0 Å².